The molecule has 1 aromatic carbocycles. The Morgan fingerprint density at radius 3 is 2.80 bits per heavy atom. The molecule has 0 aliphatic carbocycles. The van der Waals surface area contributed by atoms with E-state index in [9.17, 15) is 9.59 Å². The first-order valence-corrected chi connectivity index (χ1v) is 6.47. The van der Waals surface area contributed by atoms with Crippen LogP contribution in [0.1, 0.15) is 12.0 Å². The van der Waals surface area contributed by atoms with Crippen LogP contribution in [0.15, 0.2) is 30.3 Å². The van der Waals surface area contributed by atoms with Crippen molar-refractivity contribution in [3.8, 4) is 0 Å². The first kappa shape index (κ1) is 14.3. The van der Waals surface area contributed by atoms with Crippen LogP contribution in [-0.2, 0) is 20.9 Å². The largest absolute Gasteiger partial charge is 0.468 e. The van der Waals surface area contributed by atoms with Crippen molar-refractivity contribution in [3.63, 3.8) is 0 Å². The van der Waals surface area contributed by atoms with Gasteiger partial charge in [-0.05, 0) is 12.0 Å². The Morgan fingerprint density at radius 2 is 2.10 bits per heavy atom. The number of esters is 1. The molecule has 1 aliphatic heterocycles. The number of carbonyl (C=O) groups excluding carboxylic acids is 2. The number of benzene rings is 1. The zero-order chi connectivity index (χ0) is 14.4. The van der Waals surface area contributed by atoms with Gasteiger partial charge in [0.15, 0.2) is 0 Å². The molecule has 2 rings (SSSR count). The summed E-state index contributed by atoms with van der Waals surface area (Å²) in [6.45, 7) is 0.757. The lowest BCUT2D eigenvalue weighted by atomic mass is 10.2. The number of amides is 1. The molecule has 1 amide bonds. The van der Waals surface area contributed by atoms with Crippen molar-refractivity contribution in [2.75, 3.05) is 13.7 Å². The van der Waals surface area contributed by atoms with Crippen LogP contribution in [0.5, 0.6) is 0 Å². The molecule has 2 N–H and O–H groups in total. The van der Waals surface area contributed by atoms with E-state index in [4.69, 9.17) is 4.74 Å². The van der Waals surface area contributed by atoms with Crippen LogP contribution in [0, 0.1) is 0 Å². The quantitative estimate of drug-likeness (QED) is 0.797. The molecule has 0 radical (unpaired) electrons. The Kier molecular flexibility index (Phi) is 4.95. The number of ether oxygens (including phenoxy) is 2. The van der Waals surface area contributed by atoms with Gasteiger partial charge in [0.1, 0.15) is 12.6 Å². The molecule has 1 saturated heterocycles. The van der Waals surface area contributed by atoms with Gasteiger partial charge >= 0.3 is 12.1 Å². The molecule has 6 nitrogen and oxygen atoms in total. The predicted octanol–water partition coefficient (Wildman–Crippen LogP) is 0.816. The molecule has 0 bridgehead atoms. The van der Waals surface area contributed by atoms with Gasteiger partial charge in [-0.1, -0.05) is 30.3 Å². The molecule has 0 saturated carbocycles. The maximum atomic E-state index is 11.6. The summed E-state index contributed by atoms with van der Waals surface area (Å²) in [7, 11) is 1.35. The van der Waals surface area contributed by atoms with Crippen molar-refractivity contribution in [2.45, 2.75) is 25.1 Å². The minimum Gasteiger partial charge on any atom is -0.468 e. The summed E-state index contributed by atoms with van der Waals surface area (Å²) in [5, 5.41) is 5.72. The Balaban J connectivity index is 1.72. The molecule has 1 fully saturated rings. The number of alkyl carbamates (subject to hydrolysis) is 1. The lowest BCUT2D eigenvalue weighted by Gasteiger charge is -2.12. The predicted molar refractivity (Wildman–Crippen MR) is 72.0 cm³/mol. The van der Waals surface area contributed by atoms with Crippen LogP contribution >= 0.6 is 0 Å². The summed E-state index contributed by atoms with van der Waals surface area (Å²) in [5.41, 5.74) is 0.930. The van der Waals surface area contributed by atoms with Gasteiger partial charge in [-0.25, -0.2) is 4.79 Å². The SMILES string of the molecule is COC(=O)C1C[C@H](NC(=O)OCc2ccccc2)CN1. The first-order valence-electron chi connectivity index (χ1n) is 6.47. The standard InChI is InChI=1S/C14H18N2O4/c1-19-13(17)12-7-11(8-15-12)16-14(18)20-9-10-5-3-2-4-6-10/h2-6,11-12,15H,7-9H2,1H3,(H,16,18)/t11-,12?/m0/s1. The number of hydrogen-bond acceptors (Lipinski definition) is 5. The second-order valence-corrected chi connectivity index (χ2v) is 4.62. The summed E-state index contributed by atoms with van der Waals surface area (Å²) in [5.74, 6) is -0.313. The highest BCUT2D eigenvalue weighted by Gasteiger charge is 2.31. The molecule has 0 aromatic heterocycles. The van der Waals surface area contributed by atoms with Crippen molar-refractivity contribution in [1.29, 1.82) is 0 Å². The van der Waals surface area contributed by atoms with E-state index in [0.717, 1.165) is 5.56 Å². The third kappa shape index (κ3) is 3.96. The molecule has 1 heterocycles. The zero-order valence-electron chi connectivity index (χ0n) is 11.3. The Bertz CT molecular complexity index is 464. The maximum absolute atomic E-state index is 11.6. The normalized spacial score (nSPS) is 21.2. The Labute approximate surface area is 117 Å². The molecule has 1 unspecified atom stereocenters. The van der Waals surface area contributed by atoms with E-state index in [1.165, 1.54) is 7.11 Å². The van der Waals surface area contributed by atoms with Crippen LogP contribution in [0.3, 0.4) is 0 Å². The molecule has 20 heavy (non-hydrogen) atoms. The summed E-state index contributed by atoms with van der Waals surface area (Å²) in [4.78, 5) is 23.0. The van der Waals surface area contributed by atoms with Crippen molar-refractivity contribution >= 4 is 12.1 Å². The lowest BCUT2D eigenvalue weighted by Crippen LogP contribution is -2.36. The molecule has 0 spiro atoms. The van der Waals surface area contributed by atoms with Crippen LogP contribution in [-0.4, -0.2) is 37.8 Å². The summed E-state index contributed by atoms with van der Waals surface area (Å²) in [6.07, 6.45) is 0.0267. The molecule has 2 atom stereocenters. The van der Waals surface area contributed by atoms with Crippen LogP contribution < -0.4 is 10.6 Å². The van der Waals surface area contributed by atoms with E-state index >= 15 is 0 Å². The van der Waals surface area contributed by atoms with Crippen molar-refractivity contribution in [2.24, 2.45) is 0 Å². The number of hydrogen-bond donors (Lipinski definition) is 2. The summed E-state index contributed by atoms with van der Waals surface area (Å²) in [6, 6.07) is 8.97. The Morgan fingerprint density at radius 1 is 1.35 bits per heavy atom. The van der Waals surface area contributed by atoms with E-state index < -0.39 is 6.09 Å². The topological polar surface area (TPSA) is 76.7 Å². The van der Waals surface area contributed by atoms with Gasteiger partial charge in [0.25, 0.3) is 0 Å². The highest BCUT2D eigenvalue weighted by atomic mass is 16.5. The van der Waals surface area contributed by atoms with Crippen molar-refractivity contribution < 1.29 is 19.1 Å². The number of rotatable bonds is 4. The van der Waals surface area contributed by atoms with Crippen molar-refractivity contribution in [1.82, 2.24) is 10.6 Å². The minimum atomic E-state index is -0.480. The van der Waals surface area contributed by atoms with E-state index in [-0.39, 0.29) is 24.7 Å². The average molecular weight is 278 g/mol. The smallest absolute Gasteiger partial charge is 0.407 e. The molecular formula is C14H18N2O4. The van der Waals surface area contributed by atoms with E-state index in [1.54, 1.807) is 0 Å². The Hall–Kier alpha value is -2.08. The fourth-order valence-corrected chi connectivity index (χ4v) is 2.10. The highest BCUT2D eigenvalue weighted by molar-refractivity contribution is 5.76. The van der Waals surface area contributed by atoms with Gasteiger partial charge in [0.2, 0.25) is 0 Å². The molecule has 1 aromatic rings. The van der Waals surface area contributed by atoms with Gasteiger partial charge in [-0.2, -0.15) is 0 Å². The average Bonchev–Trinajstić information content (AvgIpc) is 2.94. The first-order chi connectivity index (χ1) is 9.69. The van der Waals surface area contributed by atoms with Crippen LogP contribution in [0.4, 0.5) is 4.79 Å². The highest BCUT2D eigenvalue weighted by Crippen LogP contribution is 2.08. The fraction of sp³-hybridized carbons (Fsp3) is 0.429. The van der Waals surface area contributed by atoms with Gasteiger partial charge in [0, 0.05) is 12.6 Å². The van der Waals surface area contributed by atoms with Gasteiger partial charge in [-0.15, -0.1) is 0 Å². The van der Waals surface area contributed by atoms with Crippen LogP contribution in [0.25, 0.3) is 0 Å². The summed E-state index contributed by atoms with van der Waals surface area (Å²) < 4.78 is 9.77. The van der Waals surface area contributed by atoms with Gasteiger partial charge < -0.3 is 20.1 Å². The second kappa shape index (κ2) is 6.91. The van der Waals surface area contributed by atoms with Crippen LogP contribution in [0.2, 0.25) is 0 Å². The lowest BCUT2D eigenvalue weighted by molar-refractivity contribution is -0.142. The van der Waals surface area contributed by atoms with E-state index in [2.05, 4.69) is 15.4 Å². The number of methoxy groups -OCH3 is 1. The van der Waals surface area contributed by atoms with E-state index in [1.807, 2.05) is 30.3 Å². The monoisotopic (exact) mass is 278 g/mol. The number of nitrogens with one attached hydrogen (secondary N) is 2. The molecule has 6 heteroatoms. The molecule has 1 aliphatic rings. The minimum absolute atomic E-state index is 0.123. The maximum Gasteiger partial charge on any atom is 0.407 e. The molecular weight excluding hydrogens is 260 g/mol. The van der Waals surface area contributed by atoms with Gasteiger partial charge in [0.05, 0.1) is 7.11 Å². The van der Waals surface area contributed by atoms with E-state index in [0.29, 0.717) is 13.0 Å². The second-order valence-electron chi connectivity index (χ2n) is 4.62. The fourth-order valence-electron chi connectivity index (χ4n) is 2.10. The number of carbonyl (C=O) groups is 2. The third-order valence-electron chi connectivity index (χ3n) is 3.15. The van der Waals surface area contributed by atoms with Crippen molar-refractivity contribution in [3.05, 3.63) is 35.9 Å². The zero-order valence-corrected chi connectivity index (χ0v) is 11.3. The summed E-state index contributed by atoms with van der Waals surface area (Å²) >= 11 is 0. The third-order valence-corrected chi connectivity index (χ3v) is 3.15. The molecule has 108 valence electrons. The van der Waals surface area contributed by atoms with Gasteiger partial charge in [-0.3, -0.25) is 4.79 Å².